The molecule has 0 bridgehead atoms. The first-order chi connectivity index (χ1) is 8.42. The van der Waals surface area contributed by atoms with Crippen LogP contribution < -0.4 is 5.73 Å². The number of hydrogen-bond donors (Lipinski definition) is 1. The second-order valence-electron chi connectivity index (χ2n) is 4.27. The van der Waals surface area contributed by atoms with Gasteiger partial charge in [-0.25, -0.2) is 0 Å². The topological polar surface area (TPSA) is 26.0 Å². The van der Waals surface area contributed by atoms with Crippen LogP contribution in [0.2, 0.25) is 0 Å². The van der Waals surface area contributed by atoms with Crippen LogP contribution in [-0.4, -0.2) is 6.54 Å². The molecular weight excluding hydrogens is 206 g/mol. The third-order valence-electron chi connectivity index (χ3n) is 3.09. The molecule has 1 heteroatoms. The molecule has 0 aromatic heterocycles. The Morgan fingerprint density at radius 1 is 1.12 bits per heavy atom. The lowest BCUT2D eigenvalue weighted by Gasteiger charge is -2.18. The Bertz CT molecular complexity index is 426. The van der Waals surface area contributed by atoms with E-state index in [-0.39, 0.29) is 0 Å². The van der Waals surface area contributed by atoms with Crippen molar-refractivity contribution in [1.29, 1.82) is 0 Å². The summed E-state index contributed by atoms with van der Waals surface area (Å²) in [4.78, 5) is 0. The van der Waals surface area contributed by atoms with E-state index in [9.17, 15) is 0 Å². The number of allylic oxidation sites excluding steroid dienone is 6. The van der Waals surface area contributed by atoms with E-state index in [0.29, 0.717) is 5.92 Å². The fourth-order valence-corrected chi connectivity index (χ4v) is 2.23. The molecule has 17 heavy (non-hydrogen) atoms. The van der Waals surface area contributed by atoms with Crippen LogP contribution in [0.3, 0.4) is 0 Å². The molecule has 1 aromatic carbocycles. The summed E-state index contributed by atoms with van der Waals surface area (Å²) in [6.45, 7) is 0.720. The van der Waals surface area contributed by atoms with Crippen LogP contribution in [0.5, 0.6) is 0 Å². The molecule has 2 rings (SSSR count). The first-order valence-electron chi connectivity index (χ1n) is 6.20. The van der Waals surface area contributed by atoms with E-state index in [4.69, 9.17) is 5.73 Å². The highest BCUT2D eigenvalue weighted by Gasteiger charge is 2.13. The van der Waals surface area contributed by atoms with Gasteiger partial charge in [-0.1, -0.05) is 60.7 Å². The molecule has 0 amide bonds. The van der Waals surface area contributed by atoms with Gasteiger partial charge in [0.05, 0.1) is 0 Å². The highest BCUT2D eigenvalue weighted by Crippen LogP contribution is 2.29. The van der Waals surface area contributed by atoms with Crippen LogP contribution in [0.15, 0.2) is 66.3 Å². The van der Waals surface area contributed by atoms with Gasteiger partial charge in [-0.15, -0.1) is 0 Å². The maximum absolute atomic E-state index is 5.75. The predicted octanol–water partition coefficient (Wildman–Crippen LogP) is 3.56. The van der Waals surface area contributed by atoms with Crippen molar-refractivity contribution in [2.45, 2.75) is 18.8 Å². The van der Waals surface area contributed by atoms with Crippen molar-refractivity contribution in [2.24, 2.45) is 5.73 Å². The first-order valence-corrected chi connectivity index (χ1v) is 6.20. The standard InChI is InChI=1S/C16H19N/c17-13-12-16(15-10-6-3-7-11-15)14-8-4-1-2-5-9-14/h1-4,6-11,16H,5,12-13,17H2. The third kappa shape index (κ3) is 3.18. The van der Waals surface area contributed by atoms with Crippen LogP contribution in [0.25, 0.3) is 0 Å². The molecule has 0 aliphatic heterocycles. The summed E-state index contributed by atoms with van der Waals surface area (Å²) < 4.78 is 0. The van der Waals surface area contributed by atoms with Gasteiger partial charge in [0.15, 0.2) is 0 Å². The van der Waals surface area contributed by atoms with E-state index in [1.807, 2.05) is 0 Å². The van der Waals surface area contributed by atoms with E-state index < -0.39 is 0 Å². The predicted molar refractivity (Wildman–Crippen MR) is 73.8 cm³/mol. The summed E-state index contributed by atoms with van der Waals surface area (Å²) in [6, 6.07) is 10.6. The zero-order valence-corrected chi connectivity index (χ0v) is 10.0. The summed E-state index contributed by atoms with van der Waals surface area (Å²) in [5.41, 5.74) is 8.48. The molecule has 0 fully saturated rings. The van der Waals surface area contributed by atoms with Crippen LogP contribution in [0.4, 0.5) is 0 Å². The highest BCUT2D eigenvalue weighted by molar-refractivity contribution is 5.37. The summed E-state index contributed by atoms with van der Waals surface area (Å²) in [5.74, 6) is 0.428. The largest absolute Gasteiger partial charge is 0.330 e. The molecule has 1 nitrogen and oxygen atoms in total. The zero-order chi connectivity index (χ0) is 11.9. The minimum Gasteiger partial charge on any atom is -0.330 e. The first kappa shape index (κ1) is 11.9. The summed E-state index contributed by atoms with van der Waals surface area (Å²) in [5, 5.41) is 0. The van der Waals surface area contributed by atoms with Gasteiger partial charge >= 0.3 is 0 Å². The van der Waals surface area contributed by atoms with Crippen molar-refractivity contribution >= 4 is 0 Å². The number of rotatable bonds is 4. The molecule has 0 spiro atoms. The number of nitrogens with two attached hydrogens (primary N) is 1. The van der Waals surface area contributed by atoms with Gasteiger partial charge in [-0.2, -0.15) is 0 Å². The lowest BCUT2D eigenvalue weighted by molar-refractivity contribution is 0.723. The van der Waals surface area contributed by atoms with Crippen LogP contribution in [-0.2, 0) is 0 Å². The molecule has 1 aliphatic carbocycles. The molecule has 1 unspecified atom stereocenters. The van der Waals surface area contributed by atoms with Crippen molar-refractivity contribution in [3.63, 3.8) is 0 Å². The SMILES string of the molecule is NCCC(C1=CCC=CC=C1)c1ccccc1. The number of hydrogen-bond acceptors (Lipinski definition) is 1. The number of benzene rings is 1. The monoisotopic (exact) mass is 225 g/mol. The van der Waals surface area contributed by atoms with Gasteiger partial charge < -0.3 is 5.73 Å². The van der Waals surface area contributed by atoms with Crippen LogP contribution >= 0.6 is 0 Å². The van der Waals surface area contributed by atoms with E-state index in [1.54, 1.807) is 0 Å². The molecular formula is C16H19N. The normalized spacial score (nSPS) is 16.4. The molecule has 1 aliphatic rings. The quantitative estimate of drug-likeness (QED) is 0.833. The van der Waals surface area contributed by atoms with Gasteiger partial charge in [0.25, 0.3) is 0 Å². The fourth-order valence-electron chi connectivity index (χ4n) is 2.23. The van der Waals surface area contributed by atoms with Crippen molar-refractivity contribution in [3.8, 4) is 0 Å². The van der Waals surface area contributed by atoms with E-state index in [0.717, 1.165) is 19.4 Å². The Hall–Kier alpha value is -1.60. The maximum Gasteiger partial charge on any atom is 0.00982 e. The van der Waals surface area contributed by atoms with Gasteiger partial charge in [0.2, 0.25) is 0 Å². The summed E-state index contributed by atoms with van der Waals surface area (Å²) in [7, 11) is 0. The average molecular weight is 225 g/mol. The lowest BCUT2D eigenvalue weighted by atomic mass is 9.87. The summed E-state index contributed by atoms with van der Waals surface area (Å²) >= 11 is 0. The highest BCUT2D eigenvalue weighted by atomic mass is 14.5. The zero-order valence-electron chi connectivity index (χ0n) is 10.0. The smallest absolute Gasteiger partial charge is 0.00982 e. The van der Waals surface area contributed by atoms with Crippen molar-refractivity contribution < 1.29 is 0 Å². The second kappa shape index (κ2) is 6.21. The molecule has 1 aromatic rings. The van der Waals surface area contributed by atoms with Gasteiger partial charge in [-0.05, 0) is 30.5 Å². The summed E-state index contributed by atoms with van der Waals surface area (Å²) in [6.07, 6.45) is 12.9. The Kier molecular flexibility index (Phi) is 4.34. The minimum absolute atomic E-state index is 0.428. The van der Waals surface area contributed by atoms with Gasteiger partial charge in [0.1, 0.15) is 0 Å². The molecule has 0 saturated heterocycles. The van der Waals surface area contributed by atoms with Crippen molar-refractivity contribution in [1.82, 2.24) is 0 Å². The Labute approximate surface area is 103 Å². The van der Waals surface area contributed by atoms with Crippen molar-refractivity contribution in [3.05, 3.63) is 71.8 Å². The van der Waals surface area contributed by atoms with Crippen molar-refractivity contribution in [2.75, 3.05) is 6.54 Å². The van der Waals surface area contributed by atoms with E-state index in [1.165, 1.54) is 11.1 Å². The maximum atomic E-state index is 5.75. The molecule has 2 N–H and O–H groups in total. The van der Waals surface area contributed by atoms with Crippen LogP contribution in [0.1, 0.15) is 24.3 Å². The van der Waals surface area contributed by atoms with Gasteiger partial charge in [0, 0.05) is 5.92 Å². The Morgan fingerprint density at radius 2 is 1.94 bits per heavy atom. The molecule has 0 saturated carbocycles. The second-order valence-corrected chi connectivity index (χ2v) is 4.27. The molecule has 1 atom stereocenters. The minimum atomic E-state index is 0.428. The Morgan fingerprint density at radius 3 is 2.71 bits per heavy atom. The van der Waals surface area contributed by atoms with E-state index in [2.05, 4.69) is 60.7 Å². The molecule has 88 valence electrons. The molecule has 0 heterocycles. The van der Waals surface area contributed by atoms with Gasteiger partial charge in [-0.3, -0.25) is 0 Å². The third-order valence-corrected chi connectivity index (χ3v) is 3.09. The molecule has 0 radical (unpaired) electrons. The van der Waals surface area contributed by atoms with E-state index >= 15 is 0 Å². The fraction of sp³-hybridized carbons (Fsp3) is 0.250. The Balaban J connectivity index is 2.26. The average Bonchev–Trinajstić information content (AvgIpc) is 2.66. The van der Waals surface area contributed by atoms with Crippen LogP contribution in [0, 0.1) is 0 Å². The lowest BCUT2D eigenvalue weighted by Crippen LogP contribution is -2.09.